The molecule has 0 bridgehead atoms. The lowest BCUT2D eigenvalue weighted by Gasteiger charge is -2.05. The molecule has 3 N–H and O–H groups in total. The zero-order chi connectivity index (χ0) is 19.8. The molecule has 27 heavy (non-hydrogen) atoms. The van der Waals surface area contributed by atoms with Gasteiger partial charge in [0.2, 0.25) is 0 Å². The summed E-state index contributed by atoms with van der Waals surface area (Å²) < 4.78 is 4.99. The van der Waals surface area contributed by atoms with Crippen molar-refractivity contribution in [1.29, 1.82) is 0 Å². The van der Waals surface area contributed by atoms with Gasteiger partial charge < -0.3 is 15.2 Å². The van der Waals surface area contributed by atoms with Gasteiger partial charge in [0.15, 0.2) is 6.61 Å². The molecular formula is C18H16ClN3O5. The summed E-state index contributed by atoms with van der Waals surface area (Å²) in [7, 11) is 0. The number of nitrogens with one attached hydrogen (secondary N) is 2. The number of carboxylic acids is 1. The van der Waals surface area contributed by atoms with Crippen LogP contribution in [-0.4, -0.2) is 35.7 Å². The number of benzene rings is 2. The lowest BCUT2D eigenvalue weighted by Crippen LogP contribution is -2.32. The van der Waals surface area contributed by atoms with E-state index in [1.165, 1.54) is 6.21 Å². The number of hydrogen-bond donors (Lipinski definition) is 3. The summed E-state index contributed by atoms with van der Waals surface area (Å²) in [6.07, 6.45) is 1.33. The summed E-state index contributed by atoms with van der Waals surface area (Å²) in [4.78, 5) is 34.0. The Kier molecular flexibility index (Phi) is 6.90. The van der Waals surface area contributed by atoms with E-state index in [0.717, 1.165) is 5.56 Å². The van der Waals surface area contributed by atoms with Gasteiger partial charge in [0.1, 0.15) is 5.75 Å². The summed E-state index contributed by atoms with van der Waals surface area (Å²) in [6.45, 7) is 1.38. The number of anilines is 1. The second-order valence-electron chi connectivity index (χ2n) is 5.37. The van der Waals surface area contributed by atoms with Crippen molar-refractivity contribution < 1.29 is 24.2 Å². The molecule has 140 valence electrons. The Hall–Kier alpha value is -3.39. The molecular weight excluding hydrogens is 374 g/mol. The molecule has 0 fully saturated rings. The molecule has 0 aliphatic heterocycles. The normalized spacial score (nSPS) is 10.4. The predicted molar refractivity (Wildman–Crippen MR) is 100 cm³/mol. The van der Waals surface area contributed by atoms with E-state index in [4.69, 9.17) is 21.4 Å². The average Bonchev–Trinajstić information content (AvgIpc) is 2.64. The summed E-state index contributed by atoms with van der Waals surface area (Å²) in [5.41, 5.74) is 3.97. The lowest BCUT2D eigenvalue weighted by atomic mass is 10.2. The van der Waals surface area contributed by atoms with Gasteiger partial charge in [-0.1, -0.05) is 17.7 Å². The number of hydrogen-bond acceptors (Lipinski definition) is 5. The van der Waals surface area contributed by atoms with E-state index in [1.807, 2.05) is 6.92 Å². The number of aryl methyl sites for hydroxylation is 1. The third kappa shape index (κ3) is 6.44. The number of amides is 2. The Morgan fingerprint density at radius 3 is 2.48 bits per heavy atom. The zero-order valence-corrected chi connectivity index (χ0v) is 15.0. The highest BCUT2D eigenvalue weighted by atomic mass is 35.5. The number of halogens is 1. The molecule has 9 heteroatoms. The van der Waals surface area contributed by atoms with Gasteiger partial charge in [-0.25, -0.2) is 10.2 Å². The standard InChI is InChI=1S/C18H16ClN3O5/c1-11-2-5-13(8-15(11)19)21-17(25)18(26)22-20-9-12-3-6-14(7-4-12)27-10-16(23)24/h2-9H,10H2,1H3,(H,21,25)(H,22,26)(H,23,24)/b20-9-. The van der Waals surface area contributed by atoms with E-state index >= 15 is 0 Å². The van der Waals surface area contributed by atoms with Crippen molar-refractivity contribution in [3.63, 3.8) is 0 Å². The minimum atomic E-state index is -1.07. The van der Waals surface area contributed by atoms with Crippen molar-refractivity contribution in [2.75, 3.05) is 11.9 Å². The topological polar surface area (TPSA) is 117 Å². The van der Waals surface area contributed by atoms with Crippen LogP contribution in [0.4, 0.5) is 5.69 Å². The fourth-order valence-corrected chi connectivity index (χ4v) is 2.05. The molecule has 0 aliphatic rings. The van der Waals surface area contributed by atoms with E-state index < -0.39 is 24.4 Å². The van der Waals surface area contributed by atoms with Crippen molar-refractivity contribution in [2.45, 2.75) is 6.92 Å². The lowest BCUT2D eigenvalue weighted by molar-refractivity contribution is -0.139. The minimum absolute atomic E-state index is 0.384. The molecule has 0 radical (unpaired) electrons. The first kappa shape index (κ1) is 19.9. The van der Waals surface area contributed by atoms with Crippen LogP contribution in [0.5, 0.6) is 5.75 Å². The number of rotatable bonds is 6. The molecule has 2 amide bonds. The van der Waals surface area contributed by atoms with E-state index in [9.17, 15) is 14.4 Å². The number of hydrazone groups is 1. The maximum Gasteiger partial charge on any atom is 0.341 e. The average molecular weight is 390 g/mol. The van der Waals surface area contributed by atoms with Gasteiger partial charge in [0.25, 0.3) is 0 Å². The van der Waals surface area contributed by atoms with Crippen LogP contribution >= 0.6 is 11.6 Å². The molecule has 0 aromatic heterocycles. The van der Waals surface area contributed by atoms with E-state index in [1.54, 1.807) is 42.5 Å². The maximum absolute atomic E-state index is 11.8. The van der Waals surface area contributed by atoms with Crippen LogP contribution in [0.3, 0.4) is 0 Å². The molecule has 0 aliphatic carbocycles. The molecule has 0 heterocycles. The molecule has 2 rings (SSSR count). The van der Waals surface area contributed by atoms with E-state index in [0.29, 0.717) is 22.0 Å². The van der Waals surface area contributed by atoms with Crippen molar-refractivity contribution in [3.05, 3.63) is 58.6 Å². The first-order chi connectivity index (χ1) is 12.8. The van der Waals surface area contributed by atoms with Crippen LogP contribution in [0.2, 0.25) is 5.02 Å². The van der Waals surface area contributed by atoms with Crippen LogP contribution in [0, 0.1) is 6.92 Å². The molecule has 8 nitrogen and oxygen atoms in total. The van der Waals surface area contributed by atoms with Crippen molar-refractivity contribution in [1.82, 2.24) is 5.43 Å². The summed E-state index contributed by atoms with van der Waals surface area (Å²) in [6, 6.07) is 11.2. The molecule has 0 atom stereocenters. The van der Waals surface area contributed by atoms with Crippen molar-refractivity contribution >= 4 is 41.3 Å². The highest BCUT2D eigenvalue weighted by Crippen LogP contribution is 2.19. The van der Waals surface area contributed by atoms with E-state index in [2.05, 4.69) is 15.8 Å². The number of nitrogens with zero attached hydrogens (tertiary/aromatic N) is 1. The van der Waals surface area contributed by atoms with Crippen LogP contribution in [0.25, 0.3) is 0 Å². The number of carboxylic acid groups (broad SMARTS) is 1. The Morgan fingerprint density at radius 1 is 1.15 bits per heavy atom. The smallest absolute Gasteiger partial charge is 0.341 e. The third-order valence-corrected chi connectivity index (χ3v) is 3.67. The number of carbonyl (C=O) groups excluding carboxylic acids is 2. The van der Waals surface area contributed by atoms with Gasteiger partial charge >= 0.3 is 17.8 Å². The molecule has 0 saturated carbocycles. The van der Waals surface area contributed by atoms with Crippen molar-refractivity contribution in [3.8, 4) is 5.75 Å². The van der Waals surface area contributed by atoms with Crippen LogP contribution in [-0.2, 0) is 14.4 Å². The largest absolute Gasteiger partial charge is 0.482 e. The first-order valence-electron chi connectivity index (χ1n) is 7.70. The Bertz CT molecular complexity index is 881. The van der Waals surface area contributed by atoms with E-state index in [-0.39, 0.29) is 0 Å². The van der Waals surface area contributed by atoms with Crippen LogP contribution < -0.4 is 15.5 Å². The first-order valence-corrected chi connectivity index (χ1v) is 8.08. The number of ether oxygens (including phenoxy) is 1. The summed E-state index contributed by atoms with van der Waals surface area (Å²) in [5.74, 6) is -2.52. The second kappa shape index (κ2) is 9.35. The van der Waals surface area contributed by atoms with Gasteiger partial charge in [-0.05, 0) is 54.4 Å². The van der Waals surface area contributed by atoms with Gasteiger partial charge in [-0.15, -0.1) is 0 Å². The van der Waals surface area contributed by atoms with Crippen LogP contribution in [0.1, 0.15) is 11.1 Å². The molecule has 0 saturated heterocycles. The zero-order valence-electron chi connectivity index (χ0n) is 14.2. The molecule has 2 aromatic rings. The molecule has 2 aromatic carbocycles. The Labute approximate surface area is 159 Å². The fraction of sp³-hybridized carbons (Fsp3) is 0.111. The predicted octanol–water partition coefficient (Wildman–Crippen LogP) is 2.20. The SMILES string of the molecule is Cc1ccc(NC(=O)C(=O)N/N=C\c2ccc(OCC(=O)O)cc2)cc1Cl. The second-order valence-corrected chi connectivity index (χ2v) is 5.78. The highest BCUT2D eigenvalue weighted by Gasteiger charge is 2.13. The van der Waals surface area contributed by atoms with Gasteiger partial charge in [-0.3, -0.25) is 9.59 Å². The number of carbonyl (C=O) groups is 3. The van der Waals surface area contributed by atoms with Gasteiger partial charge in [-0.2, -0.15) is 5.10 Å². The summed E-state index contributed by atoms with van der Waals surface area (Å²) in [5, 5.41) is 15.1. The fourth-order valence-electron chi connectivity index (χ4n) is 1.87. The monoisotopic (exact) mass is 389 g/mol. The van der Waals surface area contributed by atoms with Gasteiger partial charge in [0, 0.05) is 10.7 Å². The maximum atomic E-state index is 11.8. The minimum Gasteiger partial charge on any atom is -0.482 e. The molecule has 0 unspecified atom stereocenters. The molecule has 0 spiro atoms. The van der Waals surface area contributed by atoms with Gasteiger partial charge in [0.05, 0.1) is 6.21 Å². The highest BCUT2D eigenvalue weighted by molar-refractivity contribution is 6.39. The summed E-state index contributed by atoms with van der Waals surface area (Å²) >= 11 is 5.96. The quantitative estimate of drug-likeness (QED) is 0.398. The van der Waals surface area contributed by atoms with Crippen molar-refractivity contribution in [2.24, 2.45) is 5.10 Å². The third-order valence-electron chi connectivity index (χ3n) is 3.26. The van der Waals surface area contributed by atoms with Crippen LogP contribution in [0.15, 0.2) is 47.6 Å². The number of aliphatic carboxylic acids is 1. The Morgan fingerprint density at radius 2 is 1.85 bits per heavy atom. The Balaban J connectivity index is 1.85.